The molecule has 5 nitrogen and oxygen atoms in total. The summed E-state index contributed by atoms with van der Waals surface area (Å²) < 4.78 is 14.1. The zero-order chi connectivity index (χ0) is 9.90. The summed E-state index contributed by atoms with van der Waals surface area (Å²) in [6.07, 6.45) is 0.326. The second-order valence-electron chi connectivity index (χ2n) is 2.87. The lowest BCUT2D eigenvalue weighted by Gasteiger charge is -2.20. The number of carbonyl (C=O) groups is 2. The Kier molecular flexibility index (Phi) is 2.87. The van der Waals surface area contributed by atoms with E-state index in [-0.39, 0.29) is 6.61 Å². The summed E-state index contributed by atoms with van der Waals surface area (Å²) >= 11 is 0. The summed E-state index contributed by atoms with van der Waals surface area (Å²) in [4.78, 5) is 22.7. The number of esters is 2. The molecule has 0 amide bonds. The van der Waals surface area contributed by atoms with Crippen LogP contribution in [0.25, 0.3) is 0 Å². The van der Waals surface area contributed by atoms with Gasteiger partial charge in [0, 0.05) is 6.61 Å². The highest BCUT2D eigenvalue weighted by molar-refractivity contribution is 6.00. The summed E-state index contributed by atoms with van der Waals surface area (Å²) in [6, 6.07) is 0. The third kappa shape index (κ3) is 1.51. The smallest absolute Gasteiger partial charge is 0.325 e. The van der Waals surface area contributed by atoms with Crippen molar-refractivity contribution in [2.75, 3.05) is 27.4 Å². The molecule has 0 radical (unpaired) electrons. The van der Waals surface area contributed by atoms with Gasteiger partial charge in [0.25, 0.3) is 0 Å². The van der Waals surface area contributed by atoms with Crippen LogP contribution in [0.15, 0.2) is 0 Å². The number of hydrogen-bond donors (Lipinski definition) is 0. The Morgan fingerprint density at radius 3 is 2.08 bits per heavy atom. The quantitative estimate of drug-likeness (QED) is 0.441. The molecule has 1 saturated heterocycles. The molecule has 0 aliphatic carbocycles. The van der Waals surface area contributed by atoms with Gasteiger partial charge in [-0.05, 0) is 6.42 Å². The molecule has 0 aromatic rings. The molecule has 0 atom stereocenters. The summed E-state index contributed by atoms with van der Waals surface area (Å²) in [5.74, 6) is -1.17. The van der Waals surface area contributed by atoms with Crippen LogP contribution >= 0.6 is 0 Å². The number of methoxy groups -OCH3 is 2. The highest BCUT2D eigenvalue weighted by Crippen LogP contribution is 2.31. The van der Waals surface area contributed by atoms with Gasteiger partial charge in [-0.3, -0.25) is 9.59 Å². The van der Waals surface area contributed by atoms with E-state index in [4.69, 9.17) is 4.74 Å². The first-order valence-corrected chi connectivity index (χ1v) is 3.92. The van der Waals surface area contributed by atoms with Gasteiger partial charge < -0.3 is 14.2 Å². The highest BCUT2D eigenvalue weighted by atomic mass is 16.6. The van der Waals surface area contributed by atoms with E-state index in [0.29, 0.717) is 13.0 Å². The molecule has 0 N–H and O–H groups in total. The Hall–Kier alpha value is -1.10. The molecule has 1 aliphatic heterocycles. The fourth-order valence-electron chi connectivity index (χ4n) is 1.36. The number of carbonyl (C=O) groups excluding carboxylic acids is 2. The van der Waals surface area contributed by atoms with Crippen molar-refractivity contribution < 1.29 is 23.8 Å². The van der Waals surface area contributed by atoms with Crippen LogP contribution in [-0.4, -0.2) is 39.4 Å². The lowest BCUT2D eigenvalue weighted by atomic mass is 9.87. The molecular formula is C8H12O5. The Balaban J connectivity index is 2.86. The summed E-state index contributed by atoms with van der Waals surface area (Å²) in [7, 11) is 2.48. The minimum atomic E-state index is -1.23. The SMILES string of the molecule is COC(=O)C1(C(=O)OC)CCOC1. The van der Waals surface area contributed by atoms with E-state index < -0.39 is 17.4 Å². The monoisotopic (exact) mass is 188 g/mol. The summed E-state index contributed by atoms with van der Waals surface area (Å²) in [5.41, 5.74) is -1.23. The lowest BCUT2D eigenvalue weighted by molar-refractivity contribution is -0.168. The van der Waals surface area contributed by atoms with Crippen LogP contribution in [0.4, 0.5) is 0 Å². The van der Waals surface area contributed by atoms with Gasteiger partial charge in [0.15, 0.2) is 5.41 Å². The van der Waals surface area contributed by atoms with Crippen LogP contribution < -0.4 is 0 Å². The van der Waals surface area contributed by atoms with E-state index in [1.807, 2.05) is 0 Å². The molecule has 1 rings (SSSR count). The Bertz CT molecular complexity index is 199. The Morgan fingerprint density at radius 1 is 1.23 bits per heavy atom. The molecule has 0 spiro atoms. The van der Waals surface area contributed by atoms with Crippen LogP contribution in [0.2, 0.25) is 0 Å². The first-order chi connectivity index (χ1) is 6.17. The molecule has 0 aromatic carbocycles. The van der Waals surface area contributed by atoms with Gasteiger partial charge >= 0.3 is 11.9 Å². The summed E-state index contributed by atoms with van der Waals surface area (Å²) in [6.45, 7) is 0.427. The highest BCUT2D eigenvalue weighted by Gasteiger charge is 2.51. The summed E-state index contributed by atoms with van der Waals surface area (Å²) in [5, 5.41) is 0. The molecular weight excluding hydrogens is 176 g/mol. The van der Waals surface area contributed by atoms with Gasteiger partial charge in [-0.1, -0.05) is 0 Å². The second kappa shape index (κ2) is 3.74. The van der Waals surface area contributed by atoms with Crippen molar-refractivity contribution in [3.63, 3.8) is 0 Å². The zero-order valence-electron chi connectivity index (χ0n) is 7.66. The molecule has 5 heteroatoms. The molecule has 1 fully saturated rings. The molecule has 1 heterocycles. The van der Waals surface area contributed by atoms with Crippen LogP contribution in [0.3, 0.4) is 0 Å². The van der Waals surface area contributed by atoms with Gasteiger partial charge in [0.05, 0.1) is 20.8 Å². The standard InChI is InChI=1S/C8H12O5/c1-11-6(9)8(7(10)12-2)3-4-13-5-8/h3-5H2,1-2H3. The van der Waals surface area contributed by atoms with Gasteiger partial charge in [-0.15, -0.1) is 0 Å². The van der Waals surface area contributed by atoms with Crippen molar-refractivity contribution in [1.82, 2.24) is 0 Å². The first kappa shape index (κ1) is 9.98. The predicted octanol–water partition coefficient (Wildman–Crippen LogP) is -0.261. The van der Waals surface area contributed by atoms with Gasteiger partial charge in [0.1, 0.15) is 0 Å². The van der Waals surface area contributed by atoms with Gasteiger partial charge in [-0.25, -0.2) is 0 Å². The van der Waals surface area contributed by atoms with E-state index in [0.717, 1.165) is 0 Å². The number of rotatable bonds is 2. The fraction of sp³-hybridized carbons (Fsp3) is 0.750. The van der Waals surface area contributed by atoms with E-state index in [1.165, 1.54) is 14.2 Å². The predicted molar refractivity (Wildman–Crippen MR) is 41.9 cm³/mol. The molecule has 0 aromatic heterocycles. The third-order valence-corrected chi connectivity index (χ3v) is 2.17. The van der Waals surface area contributed by atoms with Crippen molar-refractivity contribution in [2.45, 2.75) is 6.42 Å². The van der Waals surface area contributed by atoms with Crippen molar-refractivity contribution >= 4 is 11.9 Å². The van der Waals surface area contributed by atoms with Crippen molar-refractivity contribution in [1.29, 1.82) is 0 Å². The zero-order valence-corrected chi connectivity index (χ0v) is 7.66. The van der Waals surface area contributed by atoms with Crippen LogP contribution in [0, 0.1) is 5.41 Å². The fourth-order valence-corrected chi connectivity index (χ4v) is 1.36. The maximum absolute atomic E-state index is 11.3. The van der Waals surface area contributed by atoms with E-state index in [9.17, 15) is 9.59 Å². The lowest BCUT2D eigenvalue weighted by Crippen LogP contribution is -2.41. The van der Waals surface area contributed by atoms with Crippen molar-refractivity contribution in [3.05, 3.63) is 0 Å². The number of ether oxygens (including phenoxy) is 3. The Labute approximate surface area is 76.0 Å². The van der Waals surface area contributed by atoms with E-state index in [1.54, 1.807) is 0 Å². The largest absolute Gasteiger partial charge is 0.468 e. The van der Waals surface area contributed by atoms with E-state index >= 15 is 0 Å². The van der Waals surface area contributed by atoms with Crippen molar-refractivity contribution in [3.8, 4) is 0 Å². The van der Waals surface area contributed by atoms with Crippen molar-refractivity contribution in [2.24, 2.45) is 5.41 Å². The molecule has 74 valence electrons. The maximum Gasteiger partial charge on any atom is 0.325 e. The van der Waals surface area contributed by atoms with Crippen LogP contribution in [-0.2, 0) is 23.8 Å². The molecule has 0 bridgehead atoms. The Morgan fingerprint density at radius 2 is 1.77 bits per heavy atom. The van der Waals surface area contributed by atoms with Crippen LogP contribution in [0.5, 0.6) is 0 Å². The second-order valence-corrected chi connectivity index (χ2v) is 2.87. The maximum atomic E-state index is 11.3. The van der Waals surface area contributed by atoms with Gasteiger partial charge in [-0.2, -0.15) is 0 Å². The first-order valence-electron chi connectivity index (χ1n) is 3.92. The molecule has 0 saturated carbocycles. The minimum absolute atomic E-state index is 0.0480. The number of hydrogen-bond acceptors (Lipinski definition) is 5. The average molecular weight is 188 g/mol. The molecule has 13 heavy (non-hydrogen) atoms. The molecule has 0 unspecified atom stereocenters. The van der Waals surface area contributed by atoms with Crippen LogP contribution in [0.1, 0.15) is 6.42 Å². The third-order valence-electron chi connectivity index (χ3n) is 2.17. The van der Waals surface area contributed by atoms with Gasteiger partial charge in [0.2, 0.25) is 0 Å². The average Bonchev–Trinajstić information content (AvgIpc) is 2.65. The topological polar surface area (TPSA) is 61.8 Å². The molecule has 1 aliphatic rings. The van der Waals surface area contributed by atoms with E-state index in [2.05, 4.69) is 9.47 Å². The normalized spacial score (nSPS) is 19.5. The minimum Gasteiger partial charge on any atom is -0.468 e.